The highest BCUT2D eigenvalue weighted by Gasteiger charge is 2.37. The van der Waals surface area contributed by atoms with Gasteiger partial charge in [-0.15, -0.1) is 0 Å². The normalized spacial score (nSPS) is 23.4. The third-order valence-corrected chi connectivity index (χ3v) is 2.70. The zero-order chi connectivity index (χ0) is 13.5. The zero-order valence-electron chi connectivity index (χ0n) is 10.8. The highest BCUT2D eigenvalue weighted by Crippen LogP contribution is 2.33. The molecule has 2 aliphatic rings. The number of carbonyl (C=O) groups excluding carboxylic acids is 2. The molecular formula is C13H17NO4. The fourth-order valence-corrected chi connectivity index (χ4v) is 2.02. The minimum Gasteiger partial charge on any atom is -0.443 e. The molecule has 0 aromatic carbocycles. The van der Waals surface area contributed by atoms with E-state index in [1.54, 1.807) is 26.8 Å². The van der Waals surface area contributed by atoms with Gasteiger partial charge in [0.15, 0.2) is 0 Å². The lowest BCUT2D eigenvalue weighted by atomic mass is 9.97. The van der Waals surface area contributed by atoms with Crippen LogP contribution in [0.5, 0.6) is 0 Å². The highest BCUT2D eigenvalue weighted by molar-refractivity contribution is 6.05. The van der Waals surface area contributed by atoms with Crippen molar-refractivity contribution in [3.8, 4) is 0 Å². The van der Waals surface area contributed by atoms with Crippen LogP contribution in [-0.4, -0.2) is 33.7 Å². The van der Waals surface area contributed by atoms with Gasteiger partial charge in [-0.1, -0.05) is 6.08 Å². The maximum absolute atomic E-state index is 12.0. The van der Waals surface area contributed by atoms with Gasteiger partial charge in [-0.3, -0.25) is 4.79 Å². The number of aliphatic hydroxyl groups excluding tert-OH is 1. The molecule has 1 aliphatic carbocycles. The molecule has 1 heterocycles. The lowest BCUT2D eigenvalue weighted by Gasteiger charge is -2.26. The third-order valence-electron chi connectivity index (χ3n) is 2.70. The van der Waals surface area contributed by atoms with E-state index >= 15 is 0 Å². The summed E-state index contributed by atoms with van der Waals surface area (Å²) in [6.45, 7) is 5.25. The summed E-state index contributed by atoms with van der Waals surface area (Å²) >= 11 is 0. The van der Waals surface area contributed by atoms with Crippen LogP contribution in [0.15, 0.2) is 23.4 Å². The Balaban J connectivity index is 2.21. The maximum atomic E-state index is 12.0. The number of rotatable bonds is 0. The number of hydrogen-bond donors (Lipinski definition) is 1. The van der Waals surface area contributed by atoms with E-state index in [-0.39, 0.29) is 0 Å². The lowest BCUT2D eigenvalue weighted by Crippen LogP contribution is -2.37. The van der Waals surface area contributed by atoms with Crippen LogP contribution >= 0.6 is 0 Å². The smallest absolute Gasteiger partial charge is 0.422 e. The summed E-state index contributed by atoms with van der Waals surface area (Å²) in [5.74, 6) is -0.403. The van der Waals surface area contributed by atoms with E-state index < -0.39 is 23.7 Å². The van der Waals surface area contributed by atoms with Crippen LogP contribution in [-0.2, 0) is 9.53 Å². The van der Waals surface area contributed by atoms with Crippen molar-refractivity contribution in [1.82, 2.24) is 4.90 Å². The van der Waals surface area contributed by atoms with Gasteiger partial charge in [-0.05, 0) is 32.8 Å². The standard InChI is InChI=1S/C13H17NO4/c1-13(2,3)18-12(17)14-10-5-4-9(15)6-8(10)7-11(14)16/h5,7,9,15H,4,6H2,1-3H3. The zero-order valence-corrected chi connectivity index (χ0v) is 10.8. The minimum absolute atomic E-state index is 0.400. The number of nitrogens with zero attached hydrogens (tertiary/aromatic N) is 1. The van der Waals surface area contributed by atoms with Crippen LogP contribution in [0.4, 0.5) is 4.79 Å². The molecule has 1 aliphatic heterocycles. The number of carbonyl (C=O) groups is 2. The Hall–Kier alpha value is -1.62. The van der Waals surface area contributed by atoms with E-state index in [1.807, 2.05) is 0 Å². The molecule has 0 saturated heterocycles. The Morgan fingerprint density at radius 2 is 2.17 bits per heavy atom. The van der Waals surface area contributed by atoms with Crippen LogP contribution in [0.2, 0.25) is 0 Å². The maximum Gasteiger partial charge on any atom is 0.422 e. The van der Waals surface area contributed by atoms with Gasteiger partial charge in [-0.2, -0.15) is 0 Å². The van der Waals surface area contributed by atoms with Crippen molar-refractivity contribution in [2.45, 2.75) is 45.3 Å². The number of amides is 2. The van der Waals surface area contributed by atoms with Gasteiger partial charge in [-0.25, -0.2) is 9.69 Å². The number of allylic oxidation sites excluding steroid dienone is 1. The first kappa shape index (κ1) is 12.8. The molecule has 0 bridgehead atoms. The molecule has 98 valence electrons. The fraction of sp³-hybridized carbons (Fsp3) is 0.538. The monoisotopic (exact) mass is 251 g/mol. The molecule has 0 radical (unpaired) electrons. The second kappa shape index (κ2) is 4.24. The second-order valence-corrected chi connectivity index (χ2v) is 5.51. The summed E-state index contributed by atoms with van der Waals surface area (Å²) < 4.78 is 5.20. The van der Waals surface area contributed by atoms with Crippen molar-refractivity contribution in [3.63, 3.8) is 0 Å². The number of fused-ring (bicyclic) bond motifs is 1. The Morgan fingerprint density at radius 3 is 2.78 bits per heavy atom. The Labute approximate surface area is 106 Å². The van der Waals surface area contributed by atoms with Gasteiger partial charge < -0.3 is 9.84 Å². The SMILES string of the molecule is CC(C)(C)OC(=O)N1C(=O)C=C2CC(O)CC=C21. The average Bonchev–Trinajstić information content (AvgIpc) is 2.50. The number of imide groups is 1. The molecule has 1 N–H and O–H groups in total. The van der Waals surface area contributed by atoms with Crippen molar-refractivity contribution in [1.29, 1.82) is 0 Å². The summed E-state index contributed by atoms with van der Waals surface area (Å²) in [6, 6.07) is 0. The second-order valence-electron chi connectivity index (χ2n) is 5.51. The van der Waals surface area contributed by atoms with Gasteiger partial charge in [0, 0.05) is 12.5 Å². The molecule has 0 aromatic heterocycles. The predicted molar refractivity (Wildman–Crippen MR) is 64.5 cm³/mol. The first-order valence-electron chi connectivity index (χ1n) is 5.94. The predicted octanol–water partition coefficient (Wildman–Crippen LogP) is 1.73. The Bertz CT molecular complexity index is 456. The van der Waals surface area contributed by atoms with E-state index in [0.29, 0.717) is 24.1 Å². The van der Waals surface area contributed by atoms with Crippen LogP contribution < -0.4 is 0 Å². The Morgan fingerprint density at radius 1 is 1.50 bits per heavy atom. The average molecular weight is 251 g/mol. The van der Waals surface area contributed by atoms with E-state index in [4.69, 9.17) is 4.74 Å². The first-order valence-corrected chi connectivity index (χ1v) is 5.94. The molecule has 5 heteroatoms. The largest absolute Gasteiger partial charge is 0.443 e. The van der Waals surface area contributed by atoms with Crippen LogP contribution in [0.25, 0.3) is 0 Å². The van der Waals surface area contributed by atoms with E-state index in [0.717, 1.165) is 4.90 Å². The van der Waals surface area contributed by atoms with E-state index in [1.165, 1.54) is 6.08 Å². The van der Waals surface area contributed by atoms with Crippen molar-refractivity contribution in [3.05, 3.63) is 23.4 Å². The molecule has 2 amide bonds. The Kier molecular flexibility index (Phi) is 3.02. The molecule has 0 fully saturated rings. The summed E-state index contributed by atoms with van der Waals surface area (Å²) in [5, 5.41) is 9.52. The fourth-order valence-electron chi connectivity index (χ4n) is 2.02. The molecule has 18 heavy (non-hydrogen) atoms. The molecule has 5 nitrogen and oxygen atoms in total. The molecule has 2 rings (SSSR count). The van der Waals surface area contributed by atoms with Crippen molar-refractivity contribution >= 4 is 12.0 Å². The number of ether oxygens (including phenoxy) is 1. The van der Waals surface area contributed by atoms with E-state index in [2.05, 4.69) is 0 Å². The van der Waals surface area contributed by atoms with Crippen molar-refractivity contribution in [2.75, 3.05) is 0 Å². The molecule has 1 atom stereocenters. The first-order chi connectivity index (χ1) is 8.28. The number of aliphatic hydroxyl groups is 1. The molecule has 0 spiro atoms. The van der Waals surface area contributed by atoms with E-state index in [9.17, 15) is 14.7 Å². The van der Waals surface area contributed by atoms with Crippen molar-refractivity contribution < 1.29 is 19.4 Å². The third kappa shape index (κ3) is 2.46. The highest BCUT2D eigenvalue weighted by atomic mass is 16.6. The quantitative estimate of drug-likeness (QED) is 0.712. The van der Waals surface area contributed by atoms with Gasteiger partial charge in [0.1, 0.15) is 5.60 Å². The van der Waals surface area contributed by atoms with Gasteiger partial charge in [0.25, 0.3) is 5.91 Å². The lowest BCUT2D eigenvalue weighted by molar-refractivity contribution is -0.122. The van der Waals surface area contributed by atoms with Gasteiger partial charge in [0.05, 0.1) is 11.8 Å². The summed E-state index contributed by atoms with van der Waals surface area (Å²) in [5.41, 5.74) is 0.610. The summed E-state index contributed by atoms with van der Waals surface area (Å²) in [7, 11) is 0. The summed E-state index contributed by atoms with van der Waals surface area (Å²) in [6.07, 6.45) is 2.79. The van der Waals surface area contributed by atoms with Crippen LogP contribution in [0.3, 0.4) is 0 Å². The summed E-state index contributed by atoms with van der Waals surface area (Å²) in [4.78, 5) is 24.8. The molecular weight excluding hydrogens is 234 g/mol. The van der Waals surface area contributed by atoms with Gasteiger partial charge >= 0.3 is 6.09 Å². The van der Waals surface area contributed by atoms with Crippen LogP contribution in [0, 0.1) is 0 Å². The number of hydrogen-bond acceptors (Lipinski definition) is 4. The van der Waals surface area contributed by atoms with Crippen molar-refractivity contribution in [2.24, 2.45) is 0 Å². The molecule has 0 saturated carbocycles. The molecule has 0 aromatic rings. The molecule has 1 unspecified atom stereocenters. The van der Waals surface area contributed by atoms with Crippen LogP contribution in [0.1, 0.15) is 33.6 Å². The topological polar surface area (TPSA) is 66.8 Å². The van der Waals surface area contributed by atoms with Gasteiger partial charge in [0.2, 0.25) is 0 Å². The minimum atomic E-state index is -0.665.